The Morgan fingerprint density at radius 3 is 2.44 bits per heavy atom. The Kier molecular flexibility index (Phi) is 8.12. The Bertz CT molecular complexity index is 1490. The van der Waals surface area contributed by atoms with E-state index >= 15 is 0 Å². The molecule has 0 saturated carbocycles. The van der Waals surface area contributed by atoms with Gasteiger partial charge in [0.05, 0.1) is 22.7 Å². The highest BCUT2D eigenvalue weighted by atomic mass is 35.5. The number of alkyl halides is 6. The average molecular weight is 603 g/mol. The number of aromatic carboxylic acids is 1. The minimum absolute atomic E-state index is 0.0731. The van der Waals surface area contributed by atoms with Crippen LogP contribution in [0.1, 0.15) is 52.7 Å². The largest absolute Gasteiger partial charge is 0.482 e. The van der Waals surface area contributed by atoms with Crippen molar-refractivity contribution in [2.75, 3.05) is 18.1 Å². The molecule has 0 saturated heterocycles. The van der Waals surface area contributed by atoms with Crippen LogP contribution in [0.2, 0.25) is 5.02 Å². The lowest BCUT2D eigenvalue weighted by molar-refractivity contribution is -0.154. The van der Waals surface area contributed by atoms with Crippen LogP contribution in [0, 0.1) is 0 Å². The summed E-state index contributed by atoms with van der Waals surface area (Å²) in [7, 11) is 0. The van der Waals surface area contributed by atoms with Crippen molar-refractivity contribution in [3.05, 3.63) is 75.9 Å². The van der Waals surface area contributed by atoms with E-state index in [1.165, 1.54) is 42.2 Å². The van der Waals surface area contributed by atoms with E-state index in [1.54, 1.807) is 6.92 Å². The molecule has 1 N–H and O–H groups in total. The molecule has 4 rings (SSSR count). The lowest BCUT2D eigenvalue weighted by atomic mass is 9.81. The van der Waals surface area contributed by atoms with Crippen LogP contribution < -0.4 is 14.4 Å². The Hall–Kier alpha value is -4.00. The molecule has 1 aliphatic rings. The molecule has 41 heavy (non-hydrogen) atoms. The standard InChI is InChI=1S/C27H21ClF6N2O5/c1-3-36-20-8-14(4-7-21(20)40-12-23(36)37)24(27(32,33)34)13(2)16-6-5-15(9-19(16)28)41-22-10-18(26(29,30)31)17(11-35-22)25(38)39/h4-11,13,24H,3,12H2,1-2H3,(H,38,39). The summed E-state index contributed by atoms with van der Waals surface area (Å²) in [6.45, 7) is 3.02. The third-order valence-corrected chi connectivity index (χ3v) is 6.88. The number of halogens is 7. The molecular weight excluding hydrogens is 582 g/mol. The summed E-state index contributed by atoms with van der Waals surface area (Å²) in [4.78, 5) is 28.2. The zero-order chi connectivity index (χ0) is 30.3. The number of carboxylic acids is 1. The van der Waals surface area contributed by atoms with E-state index in [0.29, 0.717) is 12.3 Å². The molecule has 1 amide bonds. The smallest absolute Gasteiger partial charge is 0.417 e. The molecular formula is C27H21ClF6N2O5. The first-order valence-corrected chi connectivity index (χ1v) is 12.4. The number of ether oxygens (including phenoxy) is 2. The molecule has 0 aliphatic carbocycles. The number of rotatable bonds is 7. The molecule has 7 nitrogen and oxygen atoms in total. The quantitative estimate of drug-likeness (QED) is 0.283. The fourth-order valence-electron chi connectivity index (χ4n) is 4.66. The Labute approximate surface area is 234 Å². The maximum atomic E-state index is 14.4. The highest BCUT2D eigenvalue weighted by Gasteiger charge is 2.45. The number of hydrogen-bond donors (Lipinski definition) is 1. The van der Waals surface area contributed by atoms with Gasteiger partial charge in [-0.05, 0) is 48.2 Å². The summed E-state index contributed by atoms with van der Waals surface area (Å²) in [5, 5.41) is 8.85. The van der Waals surface area contributed by atoms with Gasteiger partial charge >= 0.3 is 18.3 Å². The van der Waals surface area contributed by atoms with Gasteiger partial charge in [0.25, 0.3) is 5.91 Å². The predicted molar refractivity (Wildman–Crippen MR) is 135 cm³/mol. The second kappa shape index (κ2) is 11.1. The monoisotopic (exact) mass is 602 g/mol. The van der Waals surface area contributed by atoms with Crippen LogP contribution in [0.5, 0.6) is 17.4 Å². The molecule has 2 heterocycles. The van der Waals surface area contributed by atoms with Crippen molar-refractivity contribution in [1.29, 1.82) is 0 Å². The van der Waals surface area contributed by atoms with Crippen molar-refractivity contribution in [2.24, 2.45) is 0 Å². The number of anilines is 1. The molecule has 218 valence electrons. The van der Waals surface area contributed by atoms with Crippen molar-refractivity contribution >= 4 is 29.2 Å². The Balaban J connectivity index is 1.66. The van der Waals surface area contributed by atoms with E-state index < -0.39 is 47.2 Å². The number of amides is 1. The van der Waals surface area contributed by atoms with Gasteiger partial charge in [-0.15, -0.1) is 0 Å². The molecule has 0 bridgehead atoms. The minimum Gasteiger partial charge on any atom is -0.482 e. The first kappa shape index (κ1) is 30.0. The number of hydrogen-bond acceptors (Lipinski definition) is 5. The Morgan fingerprint density at radius 2 is 1.85 bits per heavy atom. The summed E-state index contributed by atoms with van der Waals surface area (Å²) in [5.74, 6) is -5.97. The second-order valence-electron chi connectivity index (χ2n) is 9.12. The lowest BCUT2D eigenvalue weighted by Crippen LogP contribution is -2.38. The fraction of sp³-hybridized carbons (Fsp3) is 0.296. The molecule has 1 aliphatic heterocycles. The number of fused-ring (bicyclic) bond motifs is 1. The van der Waals surface area contributed by atoms with Gasteiger partial charge in [0, 0.05) is 23.8 Å². The number of aromatic nitrogens is 1. The van der Waals surface area contributed by atoms with E-state index in [0.717, 1.165) is 6.07 Å². The number of likely N-dealkylation sites (N-methyl/N-ethyl adjacent to an activating group) is 1. The number of pyridine rings is 1. The van der Waals surface area contributed by atoms with Gasteiger partial charge in [-0.2, -0.15) is 26.3 Å². The summed E-state index contributed by atoms with van der Waals surface area (Å²) < 4.78 is 93.9. The van der Waals surface area contributed by atoms with Crippen LogP contribution in [0.4, 0.5) is 32.0 Å². The van der Waals surface area contributed by atoms with Crippen molar-refractivity contribution in [2.45, 2.75) is 38.0 Å². The first-order chi connectivity index (χ1) is 19.1. The molecule has 0 radical (unpaired) electrons. The first-order valence-electron chi connectivity index (χ1n) is 12.0. The molecule has 3 aromatic rings. The highest BCUT2D eigenvalue weighted by Crippen LogP contribution is 2.48. The van der Waals surface area contributed by atoms with Crippen LogP contribution >= 0.6 is 11.6 Å². The molecule has 2 atom stereocenters. The van der Waals surface area contributed by atoms with Crippen molar-refractivity contribution in [1.82, 2.24) is 4.98 Å². The van der Waals surface area contributed by atoms with Gasteiger partial charge < -0.3 is 19.5 Å². The maximum absolute atomic E-state index is 14.4. The van der Waals surface area contributed by atoms with Gasteiger partial charge in [0.2, 0.25) is 5.88 Å². The predicted octanol–water partition coefficient (Wildman–Crippen LogP) is 7.44. The molecule has 1 aromatic heterocycles. The van der Waals surface area contributed by atoms with Crippen LogP contribution in [0.25, 0.3) is 0 Å². The SMILES string of the molecule is CCN1C(=O)COc2ccc(C(C(C)c3ccc(Oc4cc(C(F)(F)F)c(C(=O)O)cn4)cc3Cl)C(F)(F)F)cc21. The van der Waals surface area contributed by atoms with E-state index in [1.807, 2.05) is 0 Å². The van der Waals surface area contributed by atoms with Crippen LogP contribution in [0.3, 0.4) is 0 Å². The molecule has 14 heteroatoms. The van der Waals surface area contributed by atoms with Gasteiger partial charge in [-0.25, -0.2) is 9.78 Å². The third-order valence-electron chi connectivity index (χ3n) is 6.55. The van der Waals surface area contributed by atoms with Crippen molar-refractivity contribution < 1.29 is 50.5 Å². The number of benzene rings is 2. The number of carbonyl (C=O) groups excluding carboxylic acids is 1. The lowest BCUT2D eigenvalue weighted by Gasteiger charge is -2.32. The zero-order valence-electron chi connectivity index (χ0n) is 21.3. The van der Waals surface area contributed by atoms with E-state index in [4.69, 9.17) is 26.2 Å². The highest BCUT2D eigenvalue weighted by molar-refractivity contribution is 6.31. The summed E-state index contributed by atoms with van der Waals surface area (Å²) in [5.41, 5.74) is -2.40. The van der Waals surface area contributed by atoms with Gasteiger partial charge in [-0.1, -0.05) is 30.7 Å². The van der Waals surface area contributed by atoms with Crippen LogP contribution in [-0.2, 0) is 11.0 Å². The number of carboxylic acid groups (broad SMARTS) is 1. The Morgan fingerprint density at radius 1 is 1.15 bits per heavy atom. The topological polar surface area (TPSA) is 89.0 Å². The van der Waals surface area contributed by atoms with Gasteiger partial charge in [-0.3, -0.25) is 4.79 Å². The van der Waals surface area contributed by atoms with Crippen molar-refractivity contribution in [3.8, 4) is 17.4 Å². The van der Waals surface area contributed by atoms with E-state index in [9.17, 15) is 35.9 Å². The van der Waals surface area contributed by atoms with Gasteiger partial charge in [0.1, 0.15) is 11.5 Å². The minimum atomic E-state index is -5.01. The van der Waals surface area contributed by atoms with E-state index in [2.05, 4.69) is 4.98 Å². The normalized spacial score (nSPS) is 15.1. The van der Waals surface area contributed by atoms with Crippen LogP contribution in [0.15, 0.2) is 48.7 Å². The number of nitrogens with zero attached hydrogens (tertiary/aromatic N) is 2. The third kappa shape index (κ3) is 6.19. The zero-order valence-corrected chi connectivity index (χ0v) is 22.1. The van der Waals surface area contributed by atoms with Crippen molar-refractivity contribution in [3.63, 3.8) is 0 Å². The van der Waals surface area contributed by atoms with Crippen LogP contribution in [-0.4, -0.2) is 41.3 Å². The number of carbonyl (C=O) groups is 2. The summed E-state index contributed by atoms with van der Waals surface area (Å²) in [6.07, 6.45) is -9.25. The fourth-order valence-corrected chi connectivity index (χ4v) is 5.00. The summed E-state index contributed by atoms with van der Waals surface area (Å²) >= 11 is 6.32. The average Bonchev–Trinajstić information content (AvgIpc) is 2.87. The molecule has 0 spiro atoms. The molecule has 2 unspecified atom stereocenters. The maximum Gasteiger partial charge on any atom is 0.417 e. The molecule has 2 aromatic carbocycles. The summed E-state index contributed by atoms with van der Waals surface area (Å²) in [6, 6.07) is 7.90. The van der Waals surface area contributed by atoms with Gasteiger partial charge in [0.15, 0.2) is 6.61 Å². The molecule has 0 fully saturated rings. The second-order valence-corrected chi connectivity index (χ2v) is 9.53. The van der Waals surface area contributed by atoms with E-state index in [-0.39, 0.29) is 52.4 Å².